The van der Waals surface area contributed by atoms with Crippen molar-refractivity contribution in [1.82, 2.24) is 5.32 Å². The number of cyclic esters (lactones) is 2. The lowest BCUT2D eigenvalue weighted by atomic mass is 10.1. The van der Waals surface area contributed by atoms with Crippen molar-refractivity contribution >= 4 is 23.9 Å². The molecule has 0 aromatic carbocycles. The summed E-state index contributed by atoms with van der Waals surface area (Å²) in [5.41, 5.74) is -0.490. The Labute approximate surface area is 119 Å². The Morgan fingerprint density at radius 3 is 2.19 bits per heavy atom. The zero-order valence-electron chi connectivity index (χ0n) is 11.4. The van der Waals surface area contributed by atoms with E-state index in [9.17, 15) is 19.2 Å². The number of hydrogen-bond acceptors (Lipinski definition) is 7. The molecule has 0 amide bonds. The lowest BCUT2D eigenvalue weighted by molar-refractivity contribution is -0.222. The number of carbonyl (C=O) groups is 4. The monoisotopic (exact) mass is 301 g/mol. The van der Waals surface area contributed by atoms with Crippen LogP contribution in [0.3, 0.4) is 0 Å². The third kappa shape index (κ3) is 4.79. The Bertz CT molecular complexity index is 485. The maximum absolute atomic E-state index is 11.6. The van der Waals surface area contributed by atoms with Gasteiger partial charge in [-0.2, -0.15) is 0 Å². The molecule has 1 saturated heterocycles. The third-order valence-corrected chi connectivity index (χ3v) is 2.49. The van der Waals surface area contributed by atoms with Crippen molar-refractivity contribution in [3.8, 4) is 0 Å². The van der Waals surface area contributed by atoms with E-state index in [2.05, 4.69) is 5.32 Å². The molecule has 9 nitrogen and oxygen atoms in total. The minimum atomic E-state index is -1.39. The molecule has 9 heteroatoms. The fourth-order valence-electron chi connectivity index (χ4n) is 1.51. The highest BCUT2D eigenvalue weighted by Gasteiger charge is 2.39. The largest absolute Gasteiger partial charge is 0.481 e. The van der Waals surface area contributed by atoms with Crippen LogP contribution in [-0.4, -0.2) is 45.9 Å². The van der Waals surface area contributed by atoms with E-state index >= 15 is 0 Å². The molecule has 0 aliphatic carbocycles. The first kappa shape index (κ1) is 16.5. The summed E-state index contributed by atoms with van der Waals surface area (Å²) in [5, 5.41) is 19.7. The van der Waals surface area contributed by atoms with Crippen LogP contribution in [-0.2, 0) is 28.7 Å². The number of aliphatic carboxylic acids is 2. The van der Waals surface area contributed by atoms with Gasteiger partial charge in [0.1, 0.15) is 6.04 Å². The van der Waals surface area contributed by atoms with Crippen LogP contribution in [0, 0.1) is 0 Å². The summed E-state index contributed by atoms with van der Waals surface area (Å²) < 4.78 is 9.63. The van der Waals surface area contributed by atoms with Crippen molar-refractivity contribution in [3.63, 3.8) is 0 Å². The molecule has 0 aromatic heterocycles. The summed E-state index contributed by atoms with van der Waals surface area (Å²) in [6.07, 6.45) is 0.264. The number of ether oxygens (including phenoxy) is 2. The Morgan fingerprint density at radius 2 is 1.76 bits per heavy atom. The van der Waals surface area contributed by atoms with Crippen LogP contribution in [0.15, 0.2) is 11.8 Å². The fourth-order valence-corrected chi connectivity index (χ4v) is 1.51. The molecule has 1 aliphatic heterocycles. The number of hydrogen-bond donors (Lipinski definition) is 3. The van der Waals surface area contributed by atoms with Crippen LogP contribution in [0.2, 0.25) is 0 Å². The van der Waals surface area contributed by atoms with Gasteiger partial charge in [-0.1, -0.05) is 0 Å². The molecule has 1 atom stereocenters. The number of carboxylic acids is 2. The number of nitrogens with one attached hydrogen (secondary N) is 1. The smallest absolute Gasteiger partial charge is 0.350 e. The molecule has 0 unspecified atom stereocenters. The van der Waals surface area contributed by atoms with Gasteiger partial charge < -0.3 is 25.0 Å². The van der Waals surface area contributed by atoms with E-state index in [-0.39, 0.29) is 12.8 Å². The summed E-state index contributed by atoms with van der Waals surface area (Å²) in [7, 11) is 0. The molecule has 1 heterocycles. The Hall–Kier alpha value is -2.58. The summed E-state index contributed by atoms with van der Waals surface area (Å²) in [6, 6.07) is -1.26. The molecule has 0 bridgehead atoms. The second kappa shape index (κ2) is 6.25. The van der Waals surface area contributed by atoms with Gasteiger partial charge in [0.25, 0.3) is 5.79 Å². The Kier molecular flexibility index (Phi) is 4.90. The lowest BCUT2D eigenvalue weighted by Gasteiger charge is -2.29. The second-order valence-corrected chi connectivity index (χ2v) is 4.73. The predicted octanol–water partition coefficient (Wildman–Crippen LogP) is -0.386. The summed E-state index contributed by atoms with van der Waals surface area (Å²) in [6.45, 7) is 2.75. The van der Waals surface area contributed by atoms with Crippen molar-refractivity contribution in [1.29, 1.82) is 0 Å². The third-order valence-electron chi connectivity index (χ3n) is 2.49. The second-order valence-electron chi connectivity index (χ2n) is 4.73. The zero-order chi connectivity index (χ0) is 16.2. The molecular weight excluding hydrogens is 286 g/mol. The average Bonchev–Trinajstić information content (AvgIpc) is 2.29. The van der Waals surface area contributed by atoms with E-state index in [1.807, 2.05) is 0 Å². The van der Waals surface area contributed by atoms with Gasteiger partial charge in [-0.15, -0.1) is 0 Å². The van der Waals surface area contributed by atoms with Gasteiger partial charge in [-0.3, -0.25) is 4.79 Å². The number of carboxylic acid groups (broad SMARTS) is 2. The fraction of sp³-hybridized carbons (Fsp3) is 0.500. The molecule has 1 rings (SSSR count). The van der Waals surface area contributed by atoms with Gasteiger partial charge in [0.05, 0.1) is 0 Å². The Balaban J connectivity index is 2.77. The van der Waals surface area contributed by atoms with Gasteiger partial charge in [0.15, 0.2) is 5.57 Å². The van der Waals surface area contributed by atoms with Crippen molar-refractivity contribution in [2.45, 2.75) is 38.5 Å². The molecule has 21 heavy (non-hydrogen) atoms. The number of carbonyl (C=O) groups excluding carboxylic acids is 2. The maximum Gasteiger partial charge on any atom is 0.350 e. The molecule has 0 aromatic rings. The predicted molar refractivity (Wildman–Crippen MR) is 65.8 cm³/mol. The van der Waals surface area contributed by atoms with Crippen LogP contribution in [0.25, 0.3) is 0 Å². The zero-order valence-corrected chi connectivity index (χ0v) is 11.4. The highest BCUT2D eigenvalue weighted by atomic mass is 16.7. The topological polar surface area (TPSA) is 139 Å². The maximum atomic E-state index is 11.6. The van der Waals surface area contributed by atoms with E-state index < -0.39 is 41.3 Å². The molecule has 116 valence electrons. The minimum absolute atomic E-state index is 0.218. The van der Waals surface area contributed by atoms with Crippen molar-refractivity contribution in [3.05, 3.63) is 11.8 Å². The van der Waals surface area contributed by atoms with Crippen molar-refractivity contribution in [2.75, 3.05) is 0 Å². The molecule has 0 saturated carbocycles. The van der Waals surface area contributed by atoms with E-state index in [1.165, 1.54) is 13.8 Å². The van der Waals surface area contributed by atoms with Gasteiger partial charge in [0.2, 0.25) is 0 Å². The molecule has 0 spiro atoms. The quantitative estimate of drug-likeness (QED) is 0.340. The summed E-state index contributed by atoms with van der Waals surface area (Å²) >= 11 is 0. The summed E-state index contributed by atoms with van der Waals surface area (Å²) in [4.78, 5) is 44.5. The van der Waals surface area contributed by atoms with Crippen molar-refractivity contribution in [2.24, 2.45) is 0 Å². The molecule has 1 aliphatic rings. The average molecular weight is 301 g/mol. The highest BCUT2D eigenvalue weighted by Crippen LogP contribution is 2.22. The molecular formula is C12H15NO8. The van der Waals surface area contributed by atoms with Gasteiger partial charge in [0, 0.05) is 26.5 Å². The molecule has 3 N–H and O–H groups in total. The van der Waals surface area contributed by atoms with E-state index in [1.54, 1.807) is 0 Å². The van der Waals surface area contributed by atoms with Crippen LogP contribution in [0.5, 0.6) is 0 Å². The summed E-state index contributed by atoms with van der Waals surface area (Å²) in [5.74, 6) is -5.77. The van der Waals surface area contributed by atoms with Gasteiger partial charge >= 0.3 is 23.9 Å². The highest BCUT2D eigenvalue weighted by molar-refractivity contribution is 6.15. The van der Waals surface area contributed by atoms with Gasteiger partial charge in [-0.05, 0) is 6.42 Å². The lowest BCUT2D eigenvalue weighted by Crippen LogP contribution is -2.43. The number of esters is 2. The normalized spacial score (nSPS) is 18.3. The van der Waals surface area contributed by atoms with E-state index in [4.69, 9.17) is 19.7 Å². The first-order chi connectivity index (χ1) is 9.62. The van der Waals surface area contributed by atoms with Crippen molar-refractivity contribution < 1.29 is 38.9 Å². The number of rotatable bonds is 6. The first-order valence-electron chi connectivity index (χ1n) is 6.00. The van der Waals surface area contributed by atoms with E-state index in [0.29, 0.717) is 0 Å². The molecule has 0 radical (unpaired) electrons. The standard InChI is InChI=1S/C12H15NO8/c1-12(2)20-10(18)6(11(19)21-12)5-13-7(9(16)17)3-4-8(14)15/h5,7,13H,3-4H2,1-2H3,(H,14,15)(H,16,17)/t7-/m1/s1. The Morgan fingerprint density at radius 1 is 1.24 bits per heavy atom. The van der Waals surface area contributed by atoms with Crippen LogP contribution >= 0.6 is 0 Å². The van der Waals surface area contributed by atoms with Crippen LogP contribution in [0.4, 0.5) is 0 Å². The van der Waals surface area contributed by atoms with E-state index in [0.717, 1.165) is 6.20 Å². The minimum Gasteiger partial charge on any atom is -0.481 e. The van der Waals surface area contributed by atoms with Gasteiger partial charge in [-0.25, -0.2) is 14.4 Å². The SMILES string of the molecule is CC1(C)OC(=O)C(=CN[C@H](CCC(=O)O)C(=O)O)C(=O)O1. The van der Waals surface area contributed by atoms with Crippen LogP contribution < -0.4 is 5.32 Å². The van der Waals surface area contributed by atoms with Crippen LogP contribution in [0.1, 0.15) is 26.7 Å². The first-order valence-corrected chi connectivity index (χ1v) is 6.00. The molecule has 1 fully saturated rings.